The summed E-state index contributed by atoms with van der Waals surface area (Å²) in [5.41, 5.74) is 0.369. The molecule has 0 aromatic rings. The van der Waals surface area contributed by atoms with Gasteiger partial charge in [0.15, 0.2) is 0 Å². The van der Waals surface area contributed by atoms with Crippen molar-refractivity contribution in [3.8, 4) is 0 Å². The number of rotatable bonds is 4. The summed E-state index contributed by atoms with van der Waals surface area (Å²) in [6.07, 6.45) is 1.24. The quantitative estimate of drug-likeness (QED) is 0.594. The largest absolute Gasteiger partial charge is 0.241 e. The maximum atomic E-state index is 4.51. The van der Waals surface area contributed by atoms with Crippen molar-refractivity contribution < 1.29 is 0 Å². The van der Waals surface area contributed by atoms with E-state index < -0.39 is 0 Å². The van der Waals surface area contributed by atoms with E-state index in [-0.39, 0.29) is 0 Å². The van der Waals surface area contributed by atoms with Gasteiger partial charge in [0.05, 0.1) is 0 Å². The van der Waals surface area contributed by atoms with Crippen LogP contribution >= 0.6 is 0 Å². The minimum atomic E-state index is 0.369. The lowest BCUT2D eigenvalue weighted by Gasteiger charge is -2.18. The molecular formula is C10H22N. The second kappa shape index (κ2) is 4.76. The Morgan fingerprint density at radius 3 is 2.18 bits per heavy atom. The molecule has 1 nitrogen and oxygen atoms in total. The predicted octanol–water partition coefficient (Wildman–Crippen LogP) is 2.68. The molecule has 0 bridgehead atoms. The van der Waals surface area contributed by atoms with Crippen molar-refractivity contribution >= 4 is 0 Å². The second-order valence-corrected chi connectivity index (χ2v) is 4.64. The van der Waals surface area contributed by atoms with Gasteiger partial charge >= 0.3 is 0 Å². The fraction of sp³-hybridized carbons (Fsp3) is 1.00. The third kappa shape index (κ3) is 7.86. The Kier molecular flexibility index (Phi) is 4.74. The molecule has 0 spiro atoms. The van der Waals surface area contributed by atoms with Crippen molar-refractivity contribution in [1.29, 1.82) is 0 Å². The molecule has 0 fully saturated rings. The zero-order valence-electron chi connectivity index (χ0n) is 8.65. The molecule has 0 aliphatic rings. The molecule has 1 atom stereocenters. The van der Waals surface area contributed by atoms with Crippen LogP contribution in [0.5, 0.6) is 0 Å². The van der Waals surface area contributed by atoms with E-state index in [1.807, 2.05) is 0 Å². The molecule has 0 amide bonds. The van der Waals surface area contributed by atoms with Gasteiger partial charge in [0.1, 0.15) is 0 Å². The molecule has 1 radical (unpaired) electrons. The van der Waals surface area contributed by atoms with Gasteiger partial charge in [-0.1, -0.05) is 41.0 Å². The third-order valence-corrected chi connectivity index (χ3v) is 1.72. The average Bonchev–Trinajstić information content (AvgIpc) is 1.85. The highest BCUT2D eigenvalue weighted by Gasteiger charge is 2.10. The molecule has 0 N–H and O–H groups in total. The number of hydrogen-bond donors (Lipinski definition) is 0. The van der Waals surface area contributed by atoms with Crippen molar-refractivity contribution in [3.05, 3.63) is 0 Å². The lowest BCUT2D eigenvalue weighted by molar-refractivity contribution is 0.356. The minimum absolute atomic E-state index is 0.369. The molecule has 11 heavy (non-hydrogen) atoms. The lowest BCUT2D eigenvalue weighted by atomic mass is 9.96. The van der Waals surface area contributed by atoms with E-state index in [0.717, 1.165) is 19.0 Å². The van der Waals surface area contributed by atoms with Gasteiger partial charge < -0.3 is 0 Å². The Hall–Kier alpha value is -0.0400. The monoisotopic (exact) mass is 156 g/mol. The Balaban J connectivity index is 3.28. The summed E-state index contributed by atoms with van der Waals surface area (Å²) < 4.78 is 0. The highest BCUT2D eigenvalue weighted by molar-refractivity contribution is 4.65. The highest BCUT2D eigenvalue weighted by Crippen LogP contribution is 2.11. The zero-order valence-corrected chi connectivity index (χ0v) is 8.65. The first-order chi connectivity index (χ1) is 4.95. The van der Waals surface area contributed by atoms with Crippen molar-refractivity contribution in [2.45, 2.75) is 41.0 Å². The van der Waals surface area contributed by atoms with E-state index in [1.54, 1.807) is 0 Å². The summed E-state index contributed by atoms with van der Waals surface area (Å²) in [5.74, 6) is 0.761. The van der Waals surface area contributed by atoms with Crippen molar-refractivity contribution in [2.24, 2.45) is 11.3 Å². The van der Waals surface area contributed by atoms with E-state index in [4.69, 9.17) is 0 Å². The Bertz CT molecular complexity index is 91.5. The molecule has 0 saturated carbocycles. The van der Waals surface area contributed by atoms with E-state index in [9.17, 15) is 0 Å². The van der Waals surface area contributed by atoms with Crippen molar-refractivity contribution in [2.75, 3.05) is 13.1 Å². The SMILES string of the molecule is CCC(C)C[N]CC(C)(C)C. The van der Waals surface area contributed by atoms with Gasteiger partial charge in [-0.15, -0.1) is 0 Å². The van der Waals surface area contributed by atoms with Gasteiger partial charge in [-0.25, -0.2) is 5.32 Å². The summed E-state index contributed by atoms with van der Waals surface area (Å²) in [6, 6.07) is 0. The smallest absolute Gasteiger partial charge is 0.0182 e. The van der Waals surface area contributed by atoms with Crippen LogP contribution in [0, 0.1) is 11.3 Å². The Labute approximate surface area is 71.6 Å². The Morgan fingerprint density at radius 2 is 1.82 bits per heavy atom. The van der Waals surface area contributed by atoms with E-state index >= 15 is 0 Å². The normalized spacial score (nSPS) is 15.0. The summed E-state index contributed by atoms with van der Waals surface area (Å²) in [5, 5.41) is 4.51. The highest BCUT2D eigenvalue weighted by atomic mass is 14.9. The first-order valence-electron chi connectivity index (χ1n) is 4.59. The van der Waals surface area contributed by atoms with Gasteiger partial charge in [-0.3, -0.25) is 0 Å². The second-order valence-electron chi connectivity index (χ2n) is 4.64. The summed E-state index contributed by atoms with van der Waals surface area (Å²) in [6.45, 7) is 13.2. The third-order valence-electron chi connectivity index (χ3n) is 1.72. The first-order valence-corrected chi connectivity index (χ1v) is 4.59. The zero-order chi connectivity index (χ0) is 8.91. The number of hydrogen-bond acceptors (Lipinski definition) is 0. The maximum absolute atomic E-state index is 4.51. The van der Waals surface area contributed by atoms with Crippen molar-refractivity contribution in [1.82, 2.24) is 5.32 Å². The van der Waals surface area contributed by atoms with Crippen LogP contribution in [0.25, 0.3) is 0 Å². The average molecular weight is 156 g/mol. The van der Waals surface area contributed by atoms with Gasteiger partial charge in [0.25, 0.3) is 0 Å². The fourth-order valence-corrected chi connectivity index (χ4v) is 0.749. The van der Waals surface area contributed by atoms with Crippen LogP contribution in [0.3, 0.4) is 0 Å². The van der Waals surface area contributed by atoms with Crippen LogP contribution < -0.4 is 5.32 Å². The van der Waals surface area contributed by atoms with Crippen LogP contribution in [0.15, 0.2) is 0 Å². The molecule has 0 rings (SSSR count). The molecule has 0 aliphatic heterocycles. The summed E-state index contributed by atoms with van der Waals surface area (Å²) in [4.78, 5) is 0. The molecule has 1 unspecified atom stereocenters. The fourth-order valence-electron chi connectivity index (χ4n) is 0.749. The van der Waals surface area contributed by atoms with Crippen LogP contribution in [0.1, 0.15) is 41.0 Å². The van der Waals surface area contributed by atoms with Gasteiger partial charge in [0, 0.05) is 13.1 Å². The van der Waals surface area contributed by atoms with E-state index in [1.165, 1.54) is 6.42 Å². The maximum Gasteiger partial charge on any atom is 0.0182 e. The van der Waals surface area contributed by atoms with Crippen LogP contribution in [-0.2, 0) is 0 Å². The molecule has 67 valence electrons. The standard InChI is InChI=1S/C10H22N/c1-6-9(2)7-11-8-10(3,4)5/h9H,6-8H2,1-5H3. The van der Waals surface area contributed by atoms with Crippen LogP contribution in [-0.4, -0.2) is 13.1 Å². The van der Waals surface area contributed by atoms with Gasteiger partial charge in [0.2, 0.25) is 0 Å². The Morgan fingerprint density at radius 1 is 1.27 bits per heavy atom. The topological polar surface area (TPSA) is 14.1 Å². The number of nitrogens with zero attached hydrogens (tertiary/aromatic N) is 1. The molecule has 0 saturated heterocycles. The van der Waals surface area contributed by atoms with Gasteiger partial charge in [-0.05, 0) is 11.3 Å². The van der Waals surface area contributed by atoms with Crippen molar-refractivity contribution in [3.63, 3.8) is 0 Å². The van der Waals surface area contributed by atoms with Gasteiger partial charge in [-0.2, -0.15) is 0 Å². The molecule has 0 aliphatic carbocycles. The summed E-state index contributed by atoms with van der Waals surface area (Å²) >= 11 is 0. The molecule has 0 aromatic heterocycles. The van der Waals surface area contributed by atoms with Crippen LogP contribution in [0.2, 0.25) is 0 Å². The molecule has 0 heterocycles. The lowest BCUT2D eigenvalue weighted by Crippen LogP contribution is -2.24. The molecule has 1 heteroatoms. The molecule has 0 aromatic carbocycles. The van der Waals surface area contributed by atoms with Crippen LogP contribution in [0.4, 0.5) is 0 Å². The molecular weight excluding hydrogens is 134 g/mol. The van der Waals surface area contributed by atoms with E-state index in [2.05, 4.69) is 39.9 Å². The predicted molar refractivity (Wildman–Crippen MR) is 50.8 cm³/mol. The summed E-state index contributed by atoms with van der Waals surface area (Å²) in [7, 11) is 0. The first kappa shape index (κ1) is 11.0. The minimum Gasteiger partial charge on any atom is -0.241 e. The van der Waals surface area contributed by atoms with E-state index in [0.29, 0.717) is 5.41 Å².